The van der Waals surface area contributed by atoms with Gasteiger partial charge in [-0.2, -0.15) is 0 Å². The number of halogens is 1. The summed E-state index contributed by atoms with van der Waals surface area (Å²) in [5.41, 5.74) is 2.02. The Hall–Kier alpha value is -1.66. The lowest BCUT2D eigenvalue weighted by Crippen LogP contribution is -2.37. The molecule has 0 radical (unpaired) electrons. The second-order valence-electron chi connectivity index (χ2n) is 6.03. The number of thiophene rings is 1. The van der Waals surface area contributed by atoms with E-state index in [-0.39, 0.29) is 11.8 Å². The third-order valence-corrected chi connectivity index (χ3v) is 5.85. The number of carbonyl (C=O) groups is 2. The summed E-state index contributed by atoms with van der Waals surface area (Å²) >= 11 is 5.07. The third-order valence-electron chi connectivity index (χ3n) is 4.35. The van der Waals surface area contributed by atoms with Crippen LogP contribution in [0, 0.1) is 12.8 Å². The average molecular weight is 407 g/mol. The van der Waals surface area contributed by atoms with Crippen molar-refractivity contribution in [1.82, 2.24) is 4.90 Å². The number of anilines is 1. The van der Waals surface area contributed by atoms with Crippen LogP contribution in [-0.4, -0.2) is 30.3 Å². The van der Waals surface area contributed by atoms with Gasteiger partial charge in [-0.05, 0) is 48.6 Å². The van der Waals surface area contributed by atoms with Gasteiger partial charge in [0.05, 0.1) is 6.54 Å². The molecule has 2 aromatic rings. The van der Waals surface area contributed by atoms with E-state index in [9.17, 15) is 9.59 Å². The number of hydrogen-bond donors (Lipinski definition) is 0. The zero-order valence-electron chi connectivity index (χ0n) is 13.7. The maximum absolute atomic E-state index is 12.7. The van der Waals surface area contributed by atoms with Crippen molar-refractivity contribution < 1.29 is 9.59 Å². The molecule has 1 fully saturated rings. The lowest BCUT2D eigenvalue weighted by Gasteiger charge is -2.21. The van der Waals surface area contributed by atoms with Crippen LogP contribution >= 0.6 is 27.3 Å². The van der Waals surface area contributed by atoms with Gasteiger partial charge in [0.25, 0.3) is 0 Å². The minimum absolute atomic E-state index is 0.0923. The van der Waals surface area contributed by atoms with E-state index in [2.05, 4.69) is 15.9 Å². The standard InChI is InChI=1S/C18H19BrN2O2S/c1-12-7-9-24-16(12)11-20(2)17(22)15-6-8-21(18(15)23)14-5-3-4-13(19)10-14/h3-5,7,9-10,15H,6,8,11H2,1-2H3. The number of nitrogens with zero attached hydrogens (tertiary/aromatic N) is 2. The number of hydrogen-bond acceptors (Lipinski definition) is 3. The van der Waals surface area contributed by atoms with E-state index >= 15 is 0 Å². The van der Waals surface area contributed by atoms with Gasteiger partial charge in [-0.25, -0.2) is 0 Å². The Bertz CT molecular complexity index is 774. The fourth-order valence-electron chi connectivity index (χ4n) is 2.93. The molecule has 0 bridgehead atoms. The molecule has 126 valence electrons. The molecule has 1 saturated heterocycles. The van der Waals surface area contributed by atoms with Crippen LogP contribution in [0.15, 0.2) is 40.2 Å². The Balaban J connectivity index is 1.70. The van der Waals surface area contributed by atoms with Crippen LogP contribution in [-0.2, 0) is 16.1 Å². The highest BCUT2D eigenvalue weighted by Gasteiger charge is 2.39. The zero-order valence-corrected chi connectivity index (χ0v) is 16.1. The van der Waals surface area contributed by atoms with Crippen molar-refractivity contribution in [3.63, 3.8) is 0 Å². The molecule has 2 amide bonds. The molecule has 2 heterocycles. The van der Waals surface area contributed by atoms with Crippen LogP contribution < -0.4 is 4.90 Å². The Morgan fingerprint density at radius 3 is 2.88 bits per heavy atom. The van der Waals surface area contributed by atoms with Crippen molar-refractivity contribution in [2.75, 3.05) is 18.5 Å². The molecule has 4 nitrogen and oxygen atoms in total. The second kappa shape index (κ2) is 7.07. The van der Waals surface area contributed by atoms with Gasteiger partial charge >= 0.3 is 0 Å². The van der Waals surface area contributed by atoms with E-state index in [4.69, 9.17) is 0 Å². The third kappa shape index (κ3) is 3.39. The first-order valence-corrected chi connectivity index (χ1v) is 9.49. The summed E-state index contributed by atoms with van der Waals surface area (Å²) in [4.78, 5) is 30.0. The van der Waals surface area contributed by atoms with Crippen molar-refractivity contribution in [2.45, 2.75) is 19.9 Å². The first kappa shape index (κ1) is 17.2. The molecule has 1 aromatic carbocycles. The molecule has 1 unspecified atom stereocenters. The highest BCUT2D eigenvalue weighted by molar-refractivity contribution is 9.10. The summed E-state index contributed by atoms with van der Waals surface area (Å²) in [7, 11) is 1.77. The Morgan fingerprint density at radius 2 is 2.21 bits per heavy atom. The van der Waals surface area contributed by atoms with Gasteiger partial charge in [-0.3, -0.25) is 9.59 Å². The molecule has 1 aromatic heterocycles. The Kier molecular flexibility index (Phi) is 5.06. The number of amides is 2. The van der Waals surface area contributed by atoms with Gasteiger partial charge in [-0.1, -0.05) is 22.0 Å². The molecule has 1 atom stereocenters. The first-order chi connectivity index (χ1) is 11.5. The molecule has 0 spiro atoms. The lowest BCUT2D eigenvalue weighted by molar-refractivity contribution is -0.139. The molecule has 0 saturated carbocycles. The first-order valence-electron chi connectivity index (χ1n) is 7.82. The van der Waals surface area contributed by atoms with Gasteiger partial charge in [-0.15, -0.1) is 11.3 Å². The summed E-state index contributed by atoms with van der Waals surface area (Å²) in [6, 6.07) is 9.67. The minimum atomic E-state index is -0.575. The largest absolute Gasteiger partial charge is 0.340 e. The highest BCUT2D eigenvalue weighted by Crippen LogP contribution is 2.29. The Labute approximate surface area is 154 Å². The van der Waals surface area contributed by atoms with E-state index in [1.165, 1.54) is 10.4 Å². The van der Waals surface area contributed by atoms with Crippen molar-refractivity contribution in [2.24, 2.45) is 5.92 Å². The SMILES string of the molecule is Cc1ccsc1CN(C)C(=O)C1CCN(c2cccc(Br)c2)C1=O. The van der Waals surface area contributed by atoms with E-state index in [0.717, 1.165) is 10.2 Å². The predicted octanol–water partition coefficient (Wildman–Crippen LogP) is 3.83. The smallest absolute Gasteiger partial charge is 0.239 e. The molecular formula is C18H19BrN2O2S. The molecule has 24 heavy (non-hydrogen) atoms. The minimum Gasteiger partial charge on any atom is -0.340 e. The van der Waals surface area contributed by atoms with Crippen molar-refractivity contribution in [3.05, 3.63) is 50.6 Å². The van der Waals surface area contributed by atoms with Crippen LogP contribution in [0.5, 0.6) is 0 Å². The van der Waals surface area contributed by atoms with E-state index in [0.29, 0.717) is 19.5 Å². The van der Waals surface area contributed by atoms with Crippen LogP contribution in [0.1, 0.15) is 16.9 Å². The predicted molar refractivity (Wildman–Crippen MR) is 100 cm³/mol. The van der Waals surface area contributed by atoms with E-state index in [1.54, 1.807) is 28.2 Å². The van der Waals surface area contributed by atoms with Crippen molar-refractivity contribution >= 4 is 44.8 Å². The van der Waals surface area contributed by atoms with Crippen LogP contribution in [0.3, 0.4) is 0 Å². The number of benzene rings is 1. The second-order valence-corrected chi connectivity index (χ2v) is 7.95. The summed E-state index contributed by atoms with van der Waals surface area (Å²) in [6.07, 6.45) is 0.567. The van der Waals surface area contributed by atoms with Gasteiger partial charge in [0.1, 0.15) is 5.92 Å². The maximum atomic E-state index is 12.7. The van der Waals surface area contributed by atoms with E-state index in [1.807, 2.05) is 42.6 Å². The maximum Gasteiger partial charge on any atom is 0.239 e. The molecule has 0 N–H and O–H groups in total. The van der Waals surface area contributed by atoms with Crippen LogP contribution in [0.4, 0.5) is 5.69 Å². The molecule has 6 heteroatoms. The zero-order chi connectivity index (χ0) is 17.3. The van der Waals surface area contributed by atoms with E-state index < -0.39 is 5.92 Å². The quantitative estimate of drug-likeness (QED) is 0.723. The number of carbonyl (C=O) groups excluding carboxylic acids is 2. The molecule has 0 aliphatic carbocycles. The molecular weight excluding hydrogens is 388 g/mol. The molecule has 1 aliphatic heterocycles. The van der Waals surface area contributed by atoms with Gasteiger partial charge in [0.2, 0.25) is 11.8 Å². The summed E-state index contributed by atoms with van der Waals surface area (Å²) in [5, 5.41) is 2.03. The van der Waals surface area contributed by atoms with Gasteiger partial charge in [0, 0.05) is 28.6 Å². The number of rotatable bonds is 4. The lowest BCUT2D eigenvalue weighted by atomic mass is 10.1. The van der Waals surface area contributed by atoms with Gasteiger partial charge < -0.3 is 9.80 Å². The van der Waals surface area contributed by atoms with Gasteiger partial charge in [0.15, 0.2) is 0 Å². The average Bonchev–Trinajstić information content (AvgIpc) is 3.13. The summed E-state index contributed by atoms with van der Waals surface area (Å²) in [6.45, 7) is 3.18. The topological polar surface area (TPSA) is 40.6 Å². The molecule has 1 aliphatic rings. The summed E-state index contributed by atoms with van der Waals surface area (Å²) in [5.74, 6) is -0.771. The highest BCUT2D eigenvalue weighted by atomic mass is 79.9. The monoisotopic (exact) mass is 406 g/mol. The van der Waals surface area contributed by atoms with Crippen molar-refractivity contribution in [1.29, 1.82) is 0 Å². The number of aryl methyl sites for hydroxylation is 1. The normalized spacial score (nSPS) is 17.4. The summed E-state index contributed by atoms with van der Waals surface area (Å²) < 4.78 is 0.924. The fraction of sp³-hybridized carbons (Fsp3) is 0.333. The Morgan fingerprint density at radius 1 is 1.42 bits per heavy atom. The molecule has 3 rings (SSSR count). The van der Waals surface area contributed by atoms with Crippen molar-refractivity contribution in [3.8, 4) is 0 Å². The fourth-order valence-corrected chi connectivity index (χ4v) is 4.28. The van der Waals surface area contributed by atoms with Crippen LogP contribution in [0.25, 0.3) is 0 Å². The van der Waals surface area contributed by atoms with Crippen LogP contribution in [0.2, 0.25) is 0 Å².